The van der Waals surface area contributed by atoms with Crippen LogP contribution in [0.2, 0.25) is 0 Å². The van der Waals surface area contributed by atoms with Gasteiger partial charge in [0.05, 0.1) is 0 Å². The van der Waals surface area contributed by atoms with Gasteiger partial charge in [0.25, 0.3) is 0 Å². The monoisotopic (exact) mass is 352 g/mol. The number of hydrogen-bond donors (Lipinski definition) is 0. The molecule has 0 amide bonds. The summed E-state index contributed by atoms with van der Waals surface area (Å²) in [7, 11) is -2.15. The van der Waals surface area contributed by atoms with Gasteiger partial charge in [0.1, 0.15) is 0 Å². The minimum absolute atomic E-state index is 0.0983. The van der Waals surface area contributed by atoms with Gasteiger partial charge < -0.3 is 0 Å². The third-order valence-electron chi connectivity index (χ3n) is 5.26. The van der Waals surface area contributed by atoms with Gasteiger partial charge in [0, 0.05) is 0 Å². The van der Waals surface area contributed by atoms with Crippen LogP contribution in [0.4, 0.5) is 0 Å². The summed E-state index contributed by atoms with van der Waals surface area (Å²) in [6, 6.07) is 22.1. The molecule has 1 fully saturated rings. The fourth-order valence-corrected chi connectivity index (χ4v) is 9.10. The van der Waals surface area contributed by atoms with Crippen molar-refractivity contribution in [3.8, 4) is 0 Å². The average Bonchev–Trinajstić information content (AvgIpc) is 3.21. The molecular formula is C22H25O2P. The Morgan fingerprint density at radius 1 is 0.840 bits per heavy atom. The molecule has 0 unspecified atom stereocenters. The van der Waals surface area contributed by atoms with Gasteiger partial charge in [-0.1, -0.05) is 0 Å². The molecule has 0 saturated carbocycles. The Kier molecular flexibility index (Phi) is 5.12. The topological polar surface area (TPSA) is 18.5 Å². The molecule has 1 aliphatic carbocycles. The molecule has 2 aromatic rings. The molecule has 1 aliphatic heterocycles. The van der Waals surface area contributed by atoms with E-state index in [9.17, 15) is 0 Å². The molecule has 0 atom stereocenters. The van der Waals surface area contributed by atoms with Gasteiger partial charge in [-0.05, 0) is 0 Å². The van der Waals surface area contributed by atoms with Gasteiger partial charge >= 0.3 is 150 Å². The standard InChI is InChI=1S/C22H25O2P/c1-4-10-19(11-5-1)25(18-22-23-16-17-24-22,20-12-6-2-7-13-20)21-14-8-3-9-15-21/h1-8,10-14,22,25H,9,15-18H2. The van der Waals surface area contributed by atoms with Crippen molar-refractivity contribution in [2.75, 3.05) is 19.4 Å². The van der Waals surface area contributed by atoms with Crippen LogP contribution in [0.15, 0.2) is 84.2 Å². The summed E-state index contributed by atoms with van der Waals surface area (Å²) >= 11 is 0. The van der Waals surface area contributed by atoms with Crippen LogP contribution < -0.4 is 10.6 Å². The predicted octanol–water partition coefficient (Wildman–Crippen LogP) is 3.99. The van der Waals surface area contributed by atoms with E-state index >= 15 is 0 Å². The molecule has 1 heterocycles. The summed E-state index contributed by atoms with van der Waals surface area (Å²) in [5, 5.41) is 4.47. The van der Waals surface area contributed by atoms with Gasteiger partial charge in [-0.3, -0.25) is 0 Å². The Hall–Kier alpha value is -1.73. The first-order valence-electron chi connectivity index (χ1n) is 9.10. The van der Waals surface area contributed by atoms with Crippen molar-refractivity contribution in [2.45, 2.75) is 19.1 Å². The average molecular weight is 352 g/mol. The quantitative estimate of drug-likeness (QED) is 0.758. The van der Waals surface area contributed by atoms with Crippen LogP contribution in [-0.4, -0.2) is 25.7 Å². The van der Waals surface area contributed by atoms with Crippen molar-refractivity contribution < 1.29 is 9.47 Å². The van der Waals surface area contributed by atoms with E-state index in [4.69, 9.17) is 9.47 Å². The Morgan fingerprint density at radius 2 is 1.44 bits per heavy atom. The van der Waals surface area contributed by atoms with Gasteiger partial charge in [0.15, 0.2) is 0 Å². The van der Waals surface area contributed by atoms with Gasteiger partial charge in [-0.15, -0.1) is 0 Å². The SMILES string of the molecule is C1=CCCC([PH](CC2OCCO2)(c2ccccc2)c2ccccc2)=C1. The minimum atomic E-state index is -2.15. The van der Waals surface area contributed by atoms with Gasteiger partial charge in [-0.25, -0.2) is 0 Å². The second kappa shape index (κ2) is 7.66. The second-order valence-corrected chi connectivity index (χ2v) is 10.7. The normalized spacial score (nSPS) is 19.0. The summed E-state index contributed by atoms with van der Waals surface area (Å²) in [5.74, 6) is 0. The van der Waals surface area contributed by atoms with Crippen LogP contribution in [0.1, 0.15) is 12.8 Å². The van der Waals surface area contributed by atoms with Gasteiger partial charge in [0.2, 0.25) is 0 Å². The maximum absolute atomic E-state index is 5.91. The molecule has 0 bridgehead atoms. The molecule has 2 aliphatic rings. The van der Waals surface area contributed by atoms with Crippen molar-refractivity contribution in [1.82, 2.24) is 0 Å². The fraction of sp³-hybridized carbons (Fsp3) is 0.273. The van der Waals surface area contributed by atoms with Crippen LogP contribution >= 0.6 is 7.26 Å². The number of ether oxygens (including phenoxy) is 2. The van der Waals surface area contributed by atoms with Crippen molar-refractivity contribution in [2.24, 2.45) is 0 Å². The molecule has 0 aromatic heterocycles. The number of benzene rings is 2. The molecule has 2 nitrogen and oxygen atoms in total. The summed E-state index contributed by atoms with van der Waals surface area (Å²) in [4.78, 5) is 0. The van der Waals surface area contributed by atoms with Crippen molar-refractivity contribution in [3.05, 3.63) is 84.2 Å². The first-order chi connectivity index (χ1) is 12.4. The Labute approximate surface area is 150 Å². The van der Waals surface area contributed by atoms with Crippen molar-refractivity contribution >= 4 is 17.9 Å². The van der Waals surface area contributed by atoms with Gasteiger partial charge in [-0.2, -0.15) is 0 Å². The molecule has 2 aromatic carbocycles. The number of rotatable bonds is 5. The van der Waals surface area contributed by atoms with Crippen LogP contribution in [0.5, 0.6) is 0 Å². The van der Waals surface area contributed by atoms with Crippen LogP contribution in [0, 0.1) is 0 Å². The van der Waals surface area contributed by atoms with E-state index in [1.165, 1.54) is 10.6 Å². The molecule has 0 spiro atoms. The number of allylic oxidation sites excluding steroid dienone is 4. The second-order valence-electron chi connectivity index (χ2n) is 6.67. The van der Waals surface area contributed by atoms with E-state index < -0.39 is 7.26 Å². The Bertz CT molecular complexity index is 707. The van der Waals surface area contributed by atoms with E-state index in [0.717, 1.165) is 19.0 Å². The maximum atomic E-state index is 5.91. The van der Waals surface area contributed by atoms with E-state index in [0.29, 0.717) is 13.2 Å². The zero-order valence-corrected chi connectivity index (χ0v) is 15.4. The zero-order chi connectivity index (χ0) is 17.0. The van der Waals surface area contributed by atoms with Crippen molar-refractivity contribution in [1.29, 1.82) is 0 Å². The van der Waals surface area contributed by atoms with E-state index in [-0.39, 0.29) is 6.29 Å². The summed E-state index contributed by atoms with van der Waals surface area (Å²) in [6.07, 6.45) is 9.93. The summed E-state index contributed by atoms with van der Waals surface area (Å²) in [6.45, 7) is 1.41. The zero-order valence-electron chi connectivity index (χ0n) is 14.4. The van der Waals surface area contributed by atoms with Crippen LogP contribution in [0.3, 0.4) is 0 Å². The fourth-order valence-electron chi connectivity index (χ4n) is 4.08. The summed E-state index contributed by atoms with van der Waals surface area (Å²) in [5.41, 5.74) is 0. The number of hydrogen-bond acceptors (Lipinski definition) is 2. The third kappa shape index (κ3) is 3.35. The predicted molar refractivity (Wildman–Crippen MR) is 107 cm³/mol. The molecule has 1 saturated heterocycles. The van der Waals surface area contributed by atoms with Crippen LogP contribution in [0.25, 0.3) is 0 Å². The molecule has 25 heavy (non-hydrogen) atoms. The third-order valence-corrected chi connectivity index (χ3v) is 10.4. The first-order valence-corrected chi connectivity index (χ1v) is 11.3. The molecule has 3 heteroatoms. The molecule has 4 rings (SSSR count). The summed E-state index contributed by atoms with van der Waals surface area (Å²) < 4.78 is 11.8. The molecular weight excluding hydrogens is 327 g/mol. The van der Waals surface area contributed by atoms with E-state index in [1.54, 1.807) is 5.31 Å². The Balaban J connectivity index is 1.90. The van der Waals surface area contributed by atoms with E-state index in [1.807, 2.05) is 0 Å². The van der Waals surface area contributed by atoms with Crippen molar-refractivity contribution in [3.63, 3.8) is 0 Å². The Morgan fingerprint density at radius 3 is 1.96 bits per heavy atom. The molecule has 0 N–H and O–H groups in total. The van der Waals surface area contributed by atoms with E-state index in [2.05, 4.69) is 78.9 Å². The molecule has 0 radical (unpaired) electrons. The molecule has 130 valence electrons. The van der Waals surface area contributed by atoms with Crippen LogP contribution in [-0.2, 0) is 9.47 Å². The first kappa shape index (κ1) is 16.7.